The maximum absolute atomic E-state index is 5.77. The van der Waals surface area contributed by atoms with Crippen LogP contribution < -0.4 is 5.32 Å². The lowest BCUT2D eigenvalue weighted by molar-refractivity contribution is 0.0999. The smallest absolute Gasteiger partial charge is 0.0591 e. The third kappa shape index (κ3) is 4.97. The van der Waals surface area contributed by atoms with Crippen LogP contribution in [0.15, 0.2) is 0 Å². The highest BCUT2D eigenvalue weighted by molar-refractivity contribution is 4.75. The van der Waals surface area contributed by atoms with Crippen LogP contribution in [0.5, 0.6) is 0 Å². The van der Waals surface area contributed by atoms with Crippen molar-refractivity contribution in [2.24, 2.45) is 11.8 Å². The van der Waals surface area contributed by atoms with Crippen LogP contribution in [0.4, 0.5) is 0 Å². The molecule has 0 aromatic heterocycles. The minimum absolute atomic E-state index is 0.765. The van der Waals surface area contributed by atoms with Crippen LogP contribution in [-0.2, 0) is 4.74 Å². The Bertz CT molecular complexity index is 193. The lowest BCUT2D eigenvalue weighted by Crippen LogP contribution is -2.35. The third-order valence-corrected chi connectivity index (χ3v) is 4.52. The number of rotatable bonds is 6. The molecule has 0 saturated heterocycles. The highest BCUT2D eigenvalue weighted by Gasteiger charge is 2.17. The van der Waals surface area contributed by atoms with E-state index >= 15 is 0 Å². The van der Waals surface area contributed by atoms with Gasteiger partial charge in [0.2, 0.25) is 0 Å². The summed E-state index contributed by atoms with van der Waals surface area (Å²) < 4.78 is 5.77. The van der Waals surface area contributed by atoms with E-state index in [0.29, 0.717) is 0 Å². The molecule has 17 heavy (non-hydrogen) atoms. The zero-order valence-corrected chi connectivity index (χ0v) is 11.4. The topological polar surface area (TPSA) is 21.3 Å². The average molecular weight is 239 g/mol. The summed E-state index contributed by atoms with van der Waals surface area (Å²) in [6.07, 6.45) is 11.2. The maximum atomic E-state index is 5.77. The summed E-state index contributed by atoms with van der Waals surface area (Å²) in [6.45, 7) is 5.33. The van der Waals surface area contributed by atoms with Crippen molar-refractivity contribution in [2.45, 2.75) is 64.3 Å². The molecule has 0 aromatic rings. The van der Waals surface area contributed by atoms with Gasteiger partial charge in [-0.1, -0.05) is 19.8 Å². The van der Waals surface area contributed by atoms with Crippen molar-refractivity contribution in [2.75, 3.05) is 19.8 Å². The SMILES string of the molecule is CC1CCC(NCCOCC2CCCC2)CC1. The van der Waals surface area contributed by atoms with Gasteiger partial charge in [0.05, 0.1) is 6.61 Å². The average Bonchev–Trinajstić information content (AvgIpc) is 2.84. The van der Waals surface area contributed by atoms with Crippen LogP contribution in [0, 0.1) is 11.8 Å². The molecule has 0 unspecified atom stereocenters. The van der Waals surface area contributed by atoms with Gasteiger partial charge in [0.15, 0.2) is 0 Å². The lowest BCUT2D eigenvalue weighted by atomic mass is 9.87. The van der Waals surface area contributed by atoms with Crippen LogP contribution in [0.3, 0.4) is 0 Å². The number of ether oxygens (including phenoxy) is 1. The fourth-order valence-corrected chi connectivity index (χ4v) is 3.23. The Balaban J connectivity index is 1.43. The van der Waals surface area contributed by atoms with Crippen molar-refractivity contribution in [3.05, 3.63) is 0 Å². The Morgan fingerprint density at radius 3 is 2.41 bits per heavy atom. The fraction of sp³-hybridized carbons (Fsp3) is 1.00. The predicted molar refractivity (Wildman–Crippen MR) is 72.2 cm³/mol. The normalized spacial score (nSPS) is 30.9. The number of hydrogen-bond acceptors (Lipinski definition) is 2. The highest BCUT2D eigenvalue weighted by atomic mass is 16.5. The van der Waals surface area contributed by atoms with Gasteiger partial charge < -0.3 is 10.1 Å². The number of hydrogen-bond donors (Lipinski definition) is 1. The van der Waals surface area contributed by atoms with E-state index in [4.69, 9.17) is 4.74 Å². The quantitative estimate of drug-likeness (QED) is 0.718. The number of nitrogens with one attached hydrogen (secondary N) is 1. The van der Waals surface area contributed by atoms with E-state index in [9.17, 15) is 0 Å². The second-order valence-corrected chi connectivity index (χ2v) is 6.14. The Morgan fingerprint density at radius 2 is 1.71 bits per heavy atom. The first-order chi connectivity index (χ1) is 8.34. The predicted octanol–water partition coefficient (Wildman–Crippen LogP) is 3.36. The van der Waals surface area contributed by atoms with Crippen LogP contribution in [-0.4, -0.2) is 25.8 Å². The molecule has 0 aromatic carbocycles. The molecule has 0 radical (unpaired) electrons. The summed E-state index contributed by atoms with van der Waals surface area (Å²) in [5.41, 5.74) is 0. The van der Waals surface area contributed by atoms with Crippen LogP contribution in [0.25, 0.3) is 0 Å². The summed E-state index contributed by atoms with van der Waals surface area (Å²) in [5.74, 6) is 1.82. The molecule has 2 heteroatoms. The third-order valence-electron chi connectivity index (χ3n) is 4.52. The van der Waals surface area contributed by atoms with E-state index in [-0.39, 0.29) is 0 Å². The van der Waals surface area contributed by atoms with Crippen molar-refractivity contribution in [1.29, 1.82) is 0 Å². The molecule has 1 N–H and O–H groups in total. The van der Waals surface area contributed by atoms with Crippen molar-refractivity contribution in [3.8, 4) is 0 Å². The summed E-state index contributed by atoms with van der Waals surface area (Å²) in [7, 11) is 0. The summed E-state index contributed by atoms with van der Waals surface area (Å²) in [4.78, 5) is 0. The Labute approximate surface area is 107 Å². The molecule has 100 valence electrons. The van der Waals surface area contributed by atoms with Gasteiger partial charge in [-0.2, -0.15) is 0 Å². The van der Waals surface area contributed by atoms with Crippen molar-refractivity contribution in [1.82, 2.24) is 5.32 Å². The molecule has 0 atom stereocenters. The molecule has 2 saturated carbocycles. The van der Waals surface area contributed by atoms with Crippen molar-refractivity contribution >= 4 is 0 Å². The van der Waals surface area contributed by atoms with Gasteiger partial charge >= 0.3 is 0 Å². The van der Waals surface area contributed by atoms with Gasteiger partial charge in [0, 0.05) is 19.2 Å². The minimum atomic E-state index is 0.765. The van der Waals surface area contributed by atoms with E-state index in [1.54, 1.807) is 0 Å². The largest absolute Gasteiger partial charge is 0.380 e. The summed E-state index contributed by atoms with van der Waals surface area (Å²) in [6, 6.07) is 0.765. The molecule has 0 spiro atoms. The molecule has 2 nitrogen and oxygen atoms in total. The first kappa shape index (κ1) is 13.4. The Hall–Kier alpha value is -0.0800. The van der Waals surface area contributed by atoms with Crippen LogP contribution in [0.2, 0.25) is 0 Å². The van der Waals surface area contributed by atoms with Gasteiger partial charge in [0.25, 0.3) is 0 Å². The second-order valence-electron chi connectivity index (χ2n) is 6.14. The van der Waals surface area contributed by atoms with Crippen LogP contribution in [0.1, 0.15) is 58.3 Å². The minimum Gasteiger partial charge on any atom is -0.380 e. The molecule has 2 aliphatic rings. The molecular formula is C15H29NO. The maximum Gasteiger partial charge on any atom is 0.0591 e. The van der Waals surface area contributed by atoms with Gasteiger partial charge in [0.1, 0.15) is 0 Å². The van der Waals surface area contributed by atoms with E-state index in [1.807, 2.05) is 0 Å². The van der Waals surface area contributed by atoms with Gasteiger partial charge in [-0.25, -0.2) is 0 Å². The van der Waals surface area contributed by atoms with E-state index in [2.05, 4.69) is 12.2 Å². The zero-order valence-electron chi connectivity index (χ0n) is 11.4. The molecular weight excluding hydrogens is 210 g/mol. The molecule has 0 bridgehead atoms. The second kappa shape index (κ2) is 7.38. The van der Waals surface area contributed by atoms with E-state index < -0.39 is 0 Å². The van der Waals surface area contributed by atoms with Gasteiger partial charge in [-0.05, 0) is 50.4 Å². The van der Waals surface area contributed by atoms with E-state index in [1.165, 1.54) is 51.4 Å². The van der Waals surface area contributed by atoms with Crippen molar-refractivity contribution in [3.63, 3.8) is 0 Å². The zero-order chi connectivity index (χ0) is 11.9. The first-order valence-corrected chi connectivity index (χ1v) is 7.65. The highest BCUT2D eigenvalue weighted by Crippen LogP contribution is 2.25. The monoisotopic (exact) mass is 239 g/mol. The fourth-order valence-electron chi connectivity index (χ4n) is 3.23. The van der Waals surface area contributed by atoms with Gasteiger partial charge in [-0.15, -0.1) is 0 Å². The molecule has 2 aliphatic carbocycles. The van der Waals surface area contributed by atoms with Gasteiger partial charge in [-0.3, -0.25) is 0 Å². The molecule has 0 aliphatic heterocycles. The Morgan fingerprint density at radius 1 is 1.00 bits per heavy atom. The van der Waals surface area contributed by atoms with E-state index in [0.717, 1.165) is 37.6 Å². The summed E-state index contributed by atoms with van der Waals surface area (Å²) in [5, 5.41) is 3.64. The van der Waals surface area contributed by atoms with Crippen molar-refractivity contribution < 1.29 is 4.74 Å². The molecule has 0 amide bonds. The lowest BCUT2D eigenvalue weighted by Gasteiger charge is -2.27. The Kier molecular flexibility index (Phi) is 5.79. The molecule has 0 heterocycles. The first-order valence-electron chi connectivity index (χ1n) is 7.65. The standard InChI is InChI=1S/C15H29NO/c1-13-6-8-15(9-7-13)16-10-11-17-12-14-4-2-3-5-14/h13-16H,2-12H2,1H3. The van der Waals surface area contributed by atoms with Crippen LogP contribution >= 0.6 is 0 Å². The molecule has 2 rings (SSSR count). The summed E-state index contributed by atoms with van der Waals surface area (Å²) >= 11 is 0. The molecule has 2 fully saturated rings.